The van der Waals surface area contributed by atoms with Gasteiger partial charge in [0.15, 0.2) is 5.82 Å². The predicted molar refractivity (Wildman–Crippen MR) is 217 cm³/mol. The highest BCUT2D eigenvalue weighted by atomic mass is 16.3. The van der Waals surface area contributed by atoms with Gasteiger partial charge in [-0.3, -0.25) is 4.57 Å². The maximum absolute atomic E-state index is 6.96. The number of para-hydroxylation sites is 2. The molecule has 3 heterocycles. The third kappa shape index (κ3) is 4.55. The minimum Gasteiger partial charge on any atom is -0.455 e. The van der Waals surface area contributed by atoms with Crippen molar-refractivity contribution in [2.24, 2.45) is 0 Å². The van der Waals surface area contributed by atoms with Gasteiger partial charge in [0.05, 0.1) is 16.7 Å². The number of fused-ring (bicyclic) bond motifs is 10. The quantitative estimate of drug-likeness (QED) is 0.186. The van der Waals surface area contributed by atoms with E-state index in [0.717, 1.165) is 55.6 Å². The number of aromatic nitrogens is 3. The van der Waals surface area contributed by atoms with Crippen molar-refractivity contribution in [3.8, 4) is 39.6 Å². The maximum atomic E-state index is 6.96. The van der Waals surface area contributed by atoms with Crippen molar-refractivity contribution < 1.29 is 4.42 Å². The Hall–Kier alpha value is -6.78. The summed E-state index contributed by atoms with van der Waals surface area (Å²) in [5.74, 6) is 2.02. The van der Waals surface area contributed by atoms with Crippen LogP contribution < -0.4 is 0 Å². The molecule has 0 bridgehead atoms. The molecule has 2 atom stereocenters. The van der Waals surface area contributed by atoms with Gasteiger partial charge in [-0.05, 0) is 52.4 Å². The van der Waals surface area contributed by atoms with Crippen molar-refractivity contribution in [1.29, 1.82) is 0 Å². The second-order valence-corrected chi connectivity index (χ2v) is 14.2. The van der Waals surface area contributed by atoms with E-state index < -0.39 is 0 Å². The standard InChI is InChI=1S/C49H33N3O/c1-30-34-18-8-9-21-38(34)47-40(46(30)32-16-6-3-7-17-32)27-26-39-37-25-24-33(28-44(37)53-48(39)47)49-50-41(31-14-4-2-5-15-31)29-45(51-49)52-42-22-12-10-19-35(42)36-20-11-13-23-43(36)52/h2-30,46H,1H3/t30?,46-/m0/s1. The van der Waals surface area contributed by atoms with Crippen LogP contribution in [0.2, 0.25) is 0 Å². The van der Waals surface area contributed by atoms with Crippen LogP contribution in [0.5, 0.6) is 0 Å². The van der Waals surface area contributed by atoms with Gasteiger partial charge in [0.2, 0.25) is 0 Å². The molecule has 0 fully saturated rings. The normalized spacial score (nSPS) is 15.3. The van der Waals surface area contributed by atoms with Crippen molar-refractivity contribution >= 4 is 43.7 Å². The Balaban J connectivity index is 1.13. The van der Waals surface area contributed by atoms with E-state index in [1.165, 1.54) is 38.6 Å². The van der Waals surface area contributed by atoms with Crippen LogP contribution in [0.4, 0.5) is 0 Å². The molecule has 0 saturated heterocycles. The maximum Gasteiger partial charge on any atom is 0.162 e. The van der Waals surface area contributed by atoms with Gasteiger partial charge in [0.25, 0.3) is 0 Å². The monoisotopic (exact) mass is 679 g/mol. The van der Waals surface area contributed by atoms with Crippen LogP contribution in [-0.4, -0.2) is 14.5 Å². The summed E-state index contributed by atoms with van der Waals surface area (Å²) in [7, 11) is 0. The number of hydrogen-bond donors (Lipinski definition) is 0. The molecule has 250 valence electrons. The van der Waals surface area contributed by atoms with E-state index in [1.807, 2.05) is 6.07 Å². The Morgan fingerprint density at radius 3 is 1.96 bits per heavy atom. The van der Waals surface area contributed by atoms with Gasteiger partial charge in [-0.25, -0.2) is 9.97 Å². The number of rotatable bonds is 4. The second-order valence-electron chi connectivity index (χ2n) is 14.2. The molecule has 0 N–H and O–H groups in total. The third-order valence-corrected chi connectivity index (χ3v) is 11.2. The molecule has 4 nitrogen and oxygen atoms in total. The van der Waals surface area contributed by atoms with Gasteiger partial charge < -0.3 is 4.42 Å². The van der Waals surface area contributed by atoms with E-state index in [-0.39, 0.29) is 5.92 Å². The molecule has 1 unspecified atom stereocenters. The van der Waals surface area contributed by atoms with Gasteiger partial charge in [-0.1, -0.05) is 146 Å². The first-order valence-corrected chi connectivity index (χ1v) is 18.3. The van der Waals surface area contributed by atoms with E-state index in [1.54, 1.807) is 0 Å². The Morgan fingerprint density at radius 1 is 0.528 bits per heavy atom. The van der Waals surface area contributed by atoms with Crippen LogP contribution in [0.1, 0.15) is 35.4 Å². The number of benzene rings is 7. The van der Waals surface area contributed by atoms with Crippen molar-refractivity contribution in [2.75, 3.05) is 0 Å². The molecule has 1 aliphatic rings. The fourth-order valence-electron chi connectivity index (χ4n) is 8.83. The Bertz CT molecular complexity index is 2980. The van der Waals surface area contributed by atoms with E-state index in [4.69, 9.17) is 14.4 Å². The summed E-state index contributed by atoms with van der Waals surface area (Å²) in [5.41, 5.74) is 13.2. The summed E-state index contributed by atoms with van der Waals surface area (Å²) in [6.45, 7) is 2.35. The van der Waals surface area contributed by atoms with E-state index in [2.05, 4.69) is 175 Å². The lowest BCUT2D eigenvalue weighted by molar-refractivity contribution is 0.640. The van der Waals surface area contributed by atoms with E-state index in [0.29, 0.717) is 11.7 Å². The highest BCUT2D eigenvalue weighted by molar-refractivity contribution is 6.12. The molecule has 1 aliphatic carbocycles. The molecule has 4 heteroatoms. The lowest BCUT2D eigenvalue weighted by Crippen LogP contribution is -2.17. The van der Waals surface area contributed by atoms with Gasteiger partial charge in [0, 0.05) is 50.2 Å². The van der Waals surface area contributed by atoms with Crippen LogP contribution in [0.3, 0.4) is 0 Å². The fraction of sp³-hybridized carbons (Fsp3) is 0.0612. The second kappa shape index (κ2) is 11.6. The third-order valence-electron chi connectivity index (χ3n) is 11.2. The lowest BCUT2D eigenvalue weighted by atomic mass is 9.69. The van der Waals surface area contributed by atoms with Gasteiger partial charge in [-0.2, -0.15) is 0 Å². The first-order valence-electron chi connectivity index (χ1n) is 18.3. The molecule has 10 aromatic rings. The number of furan rings is 1. The summed E-state index contributed by atoms with van der Waals surface area (Å²) >= 11 is 0. The molecule has 3 aromatic heterocycles. The molecule has 11 rings (SSSR count). The van der Waals surface area contributed by atoms with Gasteiger partial charge in [0.1, 0.15) is 17.0 Å². The summed E-state index contributed by atoms with van der Waals surface area (Å²) in [4.78, 5) is 10.5. The minimum absolute atomic E-state index is 0.225. The first kappa shape index (κ1) is 29.9. The highest BCUT2D eigenvalue weighted by Crippen LogP contribution is 2.53. The van der Waals surface area contributed by atoms with Gasteiger partial charge >= 0.3 is 0 Å². The number of nitrogens with zero attached hydrogens (tertiary/aromatic N) is 3. The Labute approximate surface area is 306 Å². The van der Waals surface area contributed by atoms with Crippen molar-refractivity contribution in [3.63, 3.8) is 0 Å². The highest BCUT2D eigenvalue weighted by Gasteiger charge is 2.34. The molecule has 0 aliphatic heterocycles. The smallest absolute Gasteiger partial charge is 0.162 e. The summed E-state index contributed by atoms with van der Waals surface area (Å²) < 4.78 is 9.22. The largest absolute Gasteiger partial charge is 0.455 e. The first-order chi connectivity index (χ1) is 26.2. The van der Waals surface area contributed by atoms with Crippen LogP contribution in [-0.2, 0) is 0 Å². The topological polar surface area (TPSA) is 43.9 Å². The summed E-state index contributed by atoms with van der Waals surface area (Å²) in [5, 5.41) is 4.59. The zero-order chi connectivity index (χ0) is 35.0. The molecule has 0 spiro atoms. The van der Waals surface area contributed by atoms with Gasteiger partial charge in [-0.15, -0.1) is 0 Å². The van der Waals surface area contributed by atoms with Crippen molar-refractivity contribution in [1.82, 2.24) is 14.5 Å². The lowest BCUT2D eigenvalue weighted by Gasteiger charge is -2.34. The van der Waals surface area contributed by atoms with Crippen molar-refractivity contribution in [2.45, 2.75) is 18.8 Å². The zero-order valence-corrected chi connectivity index (χ0v) is 29.1. The van der Waals surface area contributed by atoms with Crippen LogP contribution in [0, 0.1) is 0 Å². The number of hydrogen-bond acceptors (Lipinski definition) is 3. The zero-order valence-electron chi connectivity index (χ0n) is 29.1. The average molecular weight is 680 g/mol. The average Bonchev–Trinajstić information content (AvgIpc) is 3.77. The molecular formula is C49H33N3O. The predicted octanol–water partition coefficient (Wildman–Crippen LogP) is 12.7. The Kier molecular flexibility index (Phi) is 6.56. The molecule has 0 amide bonds. The summed E-state index contributed by atoms with van der Waals surface area (Å²) in [6, 6.07) is 60.3. The fourth-order valence-corrected chi connectivity index (χ4v) is 8.83. The molecule has 7 aromatic carbocycles. The molecule has 0 saturated carbocycles. The SMILES string of the molecule is CC1c2ccccc2-c2c(ccc3c2oc2cc(-c4nc(-c5ccccc5)cc(-n5c6ccccc6c6ccccc65)n4)ccc23)[C@@H]1c1ccccc1. The van der Waals surface area contributed by atoms with E-state index >= 15 is 0 Å². The molecular weight excluding hydrogens is 647 g/mol. The van der Waals surface area contributed by atoms with E-state index in [9.17, 15) is 0 Å². The van der Waals surface area contributed by atoms with Crippen LogP contribution in [0.15, 0.2) is 174 Å². The summed E-state index contributed by atoms with van der Waals surface area (Å²) in [6.07, 6.45) is 0. The van der Waals surface area contributed by atoms with Crippen LogP contribution in [0.25, 0.3) is 83.3 Å². The van der Waals surface area contributed by atoms with Crippen LogP contribution >= 0.6 is 0 Å². The van der Waals surface area contributed by atoms with Crippen molar-refractivity contribution in [3.05, 3.63) is 187 Å². The molecule has 0 radical (unpaired) electrons. The minimum atomic E-state index is 0.225. The Morgan fingerprint density at radius 2 is 1.19 bits per heavy atom. The molecule has 53 heavy (non-hydrogen) atoms.